The summed E-state index contributed by atoms with van der Waals surface area (Å²) in [5.41, 5.74) is 3.03. The Kier molecular flexibility index (Phi) is 13.2. The molecule has 1 saturated heterocycles. The number of fused-ring (bicyclic) bond motifs is 4. The minimum Gasteiger partial charge on any atom is -0.506 e. The van der Waals surface area contributed by atoms with E-state index in [-0.39, 0.29) is 34.4 Å². The van der Waals surface area contributed by atoms with E-state index in [0.717, 1.165) is 55.6 Å². The summed E-state index contributed by atoms with van der Waals surface area (Å²) in [5.74, 6) is 1.40. The van der Waals surface area contributed by atoms with Crippen LogP contribution >= 0.6 is 11.6 Å². The number of amides is 1. The van der Waals surface area contributed by atoms with E-state index in [1.165, 1.54) is 27.1 Å². The normalized spacial score (nSPS) is 17.1. The molecule has 46 heavy (non-hydrogen) atoms. The molecule has 13 heteroatoms. The first kappa shape index (κ1) is 35.6. The third kappa shape index (κ3) is 7.64. The topological polar surface area (TPSA) is 133 Å². The van der Waals surface area contributed by atoms with Gasteiger partial charge in [0.05, 0.1) is 32.5 Å². The Morgan fingerprint density at radius 2 is 1.67 bits per heavy atom. The molecular weight excluding hydrogens is 655 g/mol. The van der Waals surface area contributed by atoms with Gasteiger partial charge < -0.3 is 51.6 Å². The van der Waals surface area contributed by atoms with Gasteiger partial charge in [-0.3, -0.25) is 9.78 Å². The second kappa shape index (κ2) is 17.0. The van der Waals surface area contributed by atoms with Crippen LogP contribution in [-0.4, -0.2) is 94.0 Å². The quantitative estimate of drug-likeness (QED) is 0.154. The van der Waals surface area contributed by atoms with E-state index < -0.39 is 0 Å². The summed E-state index contributed by atoms with van der Waals surface area (Å²) < 4.78 is 16.4. The Morgan fingerprint density at radius 3 is 2.30 bits per heavy atom. The van der Waals surface area contributed by atoms with Gasteiger partial charge in [0.25, 0.3) is 5.91 Å². The average molecular weight is 697 g/mol. The van der Waals surface area contributed by atoms with Crippen LogP contribution < -0.4 is 35.1 Å². The molecule has 6 rings (SSSR count). The van der Waals surface area contributed by atoms with Crippen molar-refractivity contribution in [3.05, 3.63) is 54.2 Å². The number of hydrogen-bond acceptors (Lipinski definition) is 9. The number of benzene rings is 2. The maximum absolute atomic E-state index is 13.6. The van der Waals surface area contributed by atoms with Crippen LogP contribution in [0, 0.1) is 6.42 Å². The van der Waals surface area contributed by atoms with Crippen LogP contribution in [0.4, 0.5) is 5.69 Å². The molecule has 4 heterocycles. The molecule has 1 unspecified atom stereocenters. The summed E-state index contributed by atoms with van der Waals surface area (Å²) in [4.78, 5) is 22.8. The maximum Gasteiger partial charge on any atom is 0.274 e. The van der Waals surface area contributed by atoms with E-state index >= 15 is 0 Å². The van der Waals surface area contributed by atoms with Crippen molar-refractivity contribution in [1.29, 1.82) is 0 Å². The van der Waals surface area contributed by atoms with E-state index in [0.29, 0.717) is 52.1 Å². The molecule has 1 atom stereocenters. The molecule has 0 saturated carbocycles. The van der Waals surface area contributed by atoms with E-state index in [1.54, 1.807) is 36.4 Å². The fraction of sp³-hybridized carbons (Fsp3) is 0.424. The van der Waals surface area contributed by atoms with E-state index in [4.69, 9.17) is 25.8 Å². The second-order valence-electron chi connectivity index (χ2n) is 10.9. The van der Waals surface area contributed by atoms with Gasteiger partial charge in [-0.1, -0.05) is 6.07 Å². The summed E-state index contributed by atoms with van der Waals surface area (Å²) >= 11 is 6.29. The number of methoxy groups -OCH3 is 3. The number of anilines is 1. The van der Waals surface area contributed by atoms with Crippen molar-refractivity contribution in [3.8, 4) is 23.0 Å². The zero-order chi connectivity index (χ0) is 31.8. The van der Waals surface area contributed by atoms with Gasteiger partial charge in [0.1, 0.15) is 17.0 Å². The predicted octanol–water partition coefficient (Wildman–Crippen LogP) is 4.18. The molecule has 251 valence electrons. The van der Waals surface area contributed by atoms with E-state index in [1.807, 2.05) is 12.1 Å². The number of nitrogens with zero attached hydrogens (tertiary/aromatic N) is 2. The van der Waals surface area contributed by atoms with Crippen molar-refractivity contribution < 1.29 is 40.9 Å². The molecule has 2 aromatic heterocycles. The number of aromatic amines is 1. The second-order valence-corrected chi connectivity index (χ2v) is 11.2. The van der Waals surface area contributed by atoms with Gasteiger partial charge >= 0.3 is 0 Å². The van der Waals surface area contributed by atoms with Crippen molar-refractivity contribution in [2.75, 3.05) is 77.9 Å². The summed E-state index contributed by atoms with van der Waals surface area (Å²) in [7, 11) is 4.60. The molecule has 1 fully saturated rings. The number of phenols is 1. The van der Waals surface area contributed by atoms with Crippen molar-refractivity contribution in [2.24, 2.45) is 0 Å². The SMILES string of the molecule is COc1cc2cc(C(=O)N3CC(CCl)c4c3cc(O)c3ncccc43)[nH]c2c(OC)c1OC.[CH-]1CCNCCNCCNCC1.[Co]. The number of carbonyl (C=O) groups excluding carboxylic acids is 1. The molecule has 0 spiro atoms. The number of aromatic hydroxyl groups is 1. The first-order chi connectivity index (χ1) is 22.0. The fourth-order valence-corrected chi connectivity index (χ4v) is 6.16. The summed E-state index contributed by atoms with van der Waals surface area (Å²) in [6, 6.07) is 8.82. The van der Waals surface area contributed by atoms with Gasteiger partial charge in [0.15, 0.2) is 11.5 Å². The first-order valence-corrected chi connectivity index (χ1v) is 15.8. The van der Waals surface area contributed by atoms with E-state index in [2.05, 4.69) is 32.3 Å². The van der Waals surface area contributed by atoms with Gasteiger partial charge in [0, 0.05) is 84.3 Å². The Labute approximate surface area is 284 Å². The van der Waals surface area contributed by atoms with Crippen LogP contribution in [0.2, 0.25) is 0 Å². The molecule has 5 N–H and O–H groups in total. The van der Waals surface area contributed by atoms with Crippen LogP contribution in [-0.2, 0) is 16.8 Å². The number of alkyl halides is 1. The number of hydrogen-bond donors (Lipinski definition) is 5. The Morgan fingerprint density at radius 1 is 1.00 bits per heavy atom. The first-order valence-electron chi connectivity index (χ1n) is 15.3. The van der Waals surface area contributed by atoms with Crippen LogP contribution in [0.5, 0.6) is 23.0 Å². The van der Waals surface area contributed by atoms with Crippen LogP contribution in [0.1, 0.15) is 34.8 Å². The smallest absolute Gasteiger partial charge is 0.274 e. The van der Waals surface area contributed by atoms with Gasteiger partial charge in [-0.2, -0.15) is 12.8 Å². The van der Waals surface area contributed by atoms with Gasteiger partial charge in [0.2, 0.25) is 5.75 Å². The summed E-state index contributed by atoms with van der Waals surface area (Å²) in [6.07, 6.45) is 6.38. The number of halogens is 1. The average Bonchev–Trinajstić information content (AvgIpc) is 3.66. The van der Waals surface area contributed by atoms with Gasteiger partial charge in [-0.15, -0.1) is 11.6 Å². The number of pyridine rings is 1. The Hall–Kier alpha value is -3.26. The van der Waals surface area contributed by atoms with Crippen molar-refractivity contribution in [1.82, 2.24) is 25.9 Å². The number of phenolic OH excluding ortho intramolecular Hbond substituents is 1. The Bertz CT molecular complexity index is 1580. The Balaban J connectivity index is 0.000000314. The monoisotopic (exact) mass is 696 g/mol. The molecule has 0 bridgehead atoms. The predicted molar refractivity (Wildman–Crippen MR) is 179 cm³/mol. The van der Waals surface area contributed by atoms with Crippen molar-refractivity contribution in [3.63, 3.8) is 0 Å². The van der Waals surface area contributed by atoms with Gasteiger partial charge in [-0.25, -0.2) is 0 Å². The largest absolute Gasteiger partial charge is 0.506 e. The number of ether oxygens (including phenoxy) is 3. The molecular formula is C33H42ClCoN6O5-. The molecule has 2 aliphatic heterocycles. The number of carbonyl (C=O) groups is 1. The summed E-state index contributed by atoms with van der Waals surface area (Å²) in [6.45, 7) is 7.00. The maximum atomic E-state index is 13.6. The van der Waals surface area contributed by atoms with Crippen molar-refractivity contribution in [2.45, 2.75) is 18.8 Å². The third-order valence-corrected chi connectivity index (χ3v) is 8.45. The van der Waals surface area contributed by atoms with Crippen molar-refractivity contribution >= 4 is 45.0 Å². The summed E-state index contributed by atoms with van der Waals surface area (Å²) in [5, 5.41) is 22.3. The number of H-pyrrole nitrogens is 1. The zero-order valence-corrected chi connectivity index (χ0v) is 28.2. The molecule has 0 aliphatic carbocycles. The fourth-order valence-electron chi connectivity index (χ4n) is 5.91. The standard InChI is InChI=1S/C24H22ClN3O5.C9H20N3.Co/c1-31-18-8-12-7-15(27-20(12)23(33-3)22(18)32-2)24(30)28-11-13(10-25)19-14-5-4-6-26-21(14)17(29)9-16(19)28;1-2-4-10-6-8-12-9-7-11-5-3-1;/h4-9,13,27,29H,10-11H2,1-3H3;1,10-12H,2-9H2;/q;-1;. The molecule has 1 amide bonds. The molecule has 2 aliphatic rings. The molecule has 4 aromatic rings. The number of aromatic nitrogens is 2. The van der Waals surface area contributed by atoms with Crippen LogP contribution in [0.25, 0.3) is 21.8 Å². The molecule has 11 nitrogen and oxygen atoms in total. The molecule has 2 aromatic carbocycles. The third-order valence-electron chi connectivity index (χ3n) is 8.08. The van der Waals surface area contributed by atoms with Gasteiger partial charge in [-0.05, 0) is 36.9 Å². The zero-order valence-electron chi connectivity index (χ0n) is 26.4. The van der Waals surface area contributed by atoms with Crippen LogP contribution in [0.15, 0.2) is 36.5 Å². The minimum absolute atomic E-state index is 0. The van der Waals surface area contributed by atoms with Crippen LogP contribution in [0.3, 0.4) is 0 Å². The molecule has 1 radical (unpaired) electrons. The number of nitrogens with one attached hydrogen (secondary N) is 4. The van der Waals surface area contributed by atoms with E-state index in [9.17, 15) is 9.90 Å². The number of rotatable bonds is 5. The minimum atomic E-state index is -0.248.